The van der Waals surface area contributed by atoms with Crippen molar-refractivity contribution in [3.8, 4) is 23.0 Å². The first-order chi connectivity index (χ1) is 33.3. The average Bonchev–Trinajstić information content (AvgIpc) is 3.34. The maximum atomic E-state index is 12.5. The smallest absolute Gasteiger partial charge is 0.330 e. The van der Waals surface area contributed by atoms with Gasteiger partial charge in [-0.1, -0.05) is 111 Å². The molecule has 9 nitrogen and oxygen atoms in total. The van der Waals surface area contributed by atoms with Crippen LogP contribution >= 0.6 is 0 Å². The van der Waals surface area contributed by atoms with Crippen LogP contribution < -0.4 is 18.9 Å². The van der Waals surface area contributed by atoms with E-state index in [-0.39, 0.29) is 26.4 Å². The summed E-state index contributed by atoms with van der Waals surface area (Å²) >= 11 is 0. The second-order valence-electron chi connectivity index (χ2n) is 18.6. The van der Waals surface area contributed by atoms with Crippen LogP contribution in [0.15, 0.2) is 61.2 Å². The molecule has 9 heteroatoms. The summed E-state index contributed by atoms with van der Waals surface area (Å²) in [4.78, 5) is 12.5. The SMILES string of the molecule is C=CC(=O)OCc1cc2c(OCCCCCC)c(c1)Cc1cc(CO)cc(c1OCCCCCC)Cc1cc(CO)cc(c1OCCCCCC)Cc1cc(CO)cc(c1OCCCCCC)C2. The molecule has 0 spiro atoms. The lowest BCUT2D eigenvalue weighted by Crippen LogP contribution is -2.12. The highest BCUT2D eigenvalue weighted by atomic mass is 16.5. The van der Waals surface area contributed by atoms with Crippen molar-refractivity contribution >= 4 is 5.97 Å². The fourth-order valence-electron chi connectivity index (χ4n) is 9.30. The van der Waals surface area contributed by atoms with E-state index in [1.54, 1.807) is 0 Å². The minimum Gasteiger partial charge on any atom is -0.493 e. The lowest BCUT2D eigenvalue weighted by atomic mass is 9.88. The van der Waals surface area contributed by atoms with Crippen molar-refractivity contribution < 1.29 is 43.8 Å². The normalized spacial score (nSPS) is 12.2. The zero-order chi connectivity index (χ0) is 48.5. The van der Waals surface area contributed by atoms with E-state index in [2.05, 4.69) is 58.5 Å². The molecule has 4 aromatic carbocycles. The van der Waals surface area contributed by atoms with Crippen molar-refractivity contribution in [2.75, 3.05) is 26.4 Å². The minimum absolute atomic E-state index is 0.0378. The Labute approximate surface area is 408 Å². The Hall–Kier alpha value is -4.83. The maximum absolute atomic E-state index is 12.5. The second-order valence-corrected chi connectivity index (χ2v) is 18.6. The van der Waals surface area contributed by atoms with Crippen LogP contribution in [0.4, 0.5) is 0 Å². The highest BCUT2D eigenvalue weighted by molar-refractivity contribution is 5.81. The van der Waals surface area contributed by atoms with Crippen molar-refractivity contribution in [1.29, 1.82) is 0 Å². The largest absolute Gasteiger partial charge is 0.493 e. The summed E-state index contributed by atoms with van der Waals surface area (Å²) in [5.74, 6) is 2.58. The van der Waals surface area contributed by atoms with Crippen molar-refractivity contribution in [3.63, 3.8) is 0 Å². The van der Waals surface area contributed by atoms with Gasteiger partial charge < -0.3 is 39.0 Å². The summed E-state index contributed by atoms with van der Waals surface area (Å²) in [5.41, 5.74) is 10.5. The van der Waals surface area contributed by atoms with E-state index in [9.17, 15) is 20.1 Å². The number of carbonyl (C=O) groups excluding carboxylic acids is 1. The van der Waals surface area contributed by atoms with E-state index < -0.39 is 5.97 Å². The summed E-state index contributed by atoms with van der Waals surface area (Å²) in [6.45, 7) is 14.2. The van der Waals surface area contributed by atoms with Crippen LogP contribution in [0.1, 0.15) is 197 Å². The van der Waals surface area contributed by atoms with Crippen LogP contribution in [0, 0.1) is 0 Å². The lowest BCUT2D eigenvalue weighted by Gasteiger charge is -2.25. The van der Waals surface area contributed by atoms with Gasteiger partial charge in [-0.15, -0.1) is 0 Å². The van der Waals surface area contributed by atoms with Gasteiger partial charge >= 0.3 is 5.97 Å². The Morgan fingerprint density at radius 2 is 0.676 bits per heavy atom. The van der Waals surface area contributed by atoms with Crippen LogP contribution in [0.25, 0.3) is 0 Å². The summed E-state index contributed by atoms with van der Waals surface area (Å²) in [6, 6.07) is 16.4. The van der Waals surface area contributed by atoms with Gasteiger partial charge in [0.1, 0.15) is 29.6 Å². The molecule has 0 unspecified atom stereocenters. The molecule has 68 heavy (non-hydrogen) atoms. The molecule has 0 saturated carbocycles. The van der Waals surface area contributed by atoms with E-state index in [0.717, 1.165) is 192 Å². The number of ether oxygens (including phenoxy) is 5. The van der Waals surface area contributed by atoms with Crippen LogP contribution in [-0.2, 0) is 61.6 Å². The number of benzene rings is 4. The van der Waals surface area contributed by atoms with Crippen molar-refractivity contribution in [1.82, 2.24) is 0 Å². The van der Waals surface area contributed by atoms with Gasteiger partial charge in [-0.25, -0.2) is 4.79 Å². The number of aliphatic hydroxyl groups is 3. The number of esters is 1. The van der Waals surface area contributed by atoms with E-state index in [0.29, 0.717) is 52.1 Å². The molecular formula is C59H82O9. The summed E-state index contributed by atoms with van der Waals surface area (Å²) in [6.07, 6.45) is 19.7. The Morgan fingerprint density at radius 1 is 0.426 bits per heavy atom. The number of carbonyl (C=O) groups is 1. The minimum atomic E-state index is -0.506. The molecule has 0 aliphatic heterocycles. The van der Waals surface area contributed by atoms with E-state index in [1.165, 1.54) is 6.08 Å². The summed E-state index contributed by atoms with van der Waals surface area (Å²) < 4.78 is 33.4. The monoisotopic (exact) mass is 935 g/mol. The van der Waals surface area contributed by atoms with Gasteiger partial charge in [-0.05, 0) is 141 Å². The number of unbranched alkanes of at least 4 members (excludes halogenated alkanes) is 12. The Kier molecular flexibility index (Phi) is 23.8. The number of fused-ring (bicyclic) bond motifs is 8. The highest BCUT2D eigenvalue weighted by Crippen LogP contribution is 2.41. The standard InChI is InChI=1S/C59H82O9/c1-6-11-15-19-23-64-56-47-27-43(39-60)28-48(56)36-50-30-45(41-62)32-52(58(50)66-25-21-17-13-8-3)38-54-34-46(42-68-55(63)10-5)33-53(59(54)67-26-22-18-14-9-4)37-51-31-44(40-61)29-49(35-47)57(51)65-24-20-16-12-7-2/h10,27-34,60-62H,5-9,11-26,35-42H2,1-4H3. The maximum Gasteiger partial charge on any atom is 0.330 e. The topological polar surface area (TPSA) is 124 Å². The van der Waals surface area contributed by atoms with Gasteiger partial charge in [0.05, 0.1) is 46.2 Å². The van der Waals surface area contributed by atoms with Crippen molar-refractivity contribution in [3.05, 3.63) is 128 Å². The van der Waals surface area contributed by atoms with Crippen LogP contribution in [0.3, 0.4) is 0 Å². The van der Waals surface area contributed by atoms with Crippen LogP contribution in [-0.4, -0.2) is 47.7 Å². The second kappa shape index (κ2) is 29.9. The zero-order valence-electron chi connectivity index (χ0n) is 42.0. The zero-order valence-corrected chi connectivity index (χ0v) is 42.0. The first kappa shape index (κ1) is 54.1. The van der Waals surface area contributed by atoms with Gasteiger partial charge in [0.25, 0.3) is 0 Å². The predicted octanol–water partition coefficient (Wildman–Crippen LogP) is 12.9. The molecule has 0 amide bonds. The fraction of sp³-hybridized carbons (Fsp3) is 0.542. The molecule has 5 rings (SSSR count). The number of rotatable bonds is 30. The average molecular weight is 935 g/mol. The highest BCUT2D eigenvalue weighted by Gasteiger charge is 2.25. The molecule has 1 aliphatic carbocycles. The number of aliphatic hydroxyl groups excluding tert-OH is 3. The number of hydrogen-bond donors (Lipinski definition) is 3. The molecule has 0 aromatic heterocycles. The molecule has 0 atom stereocenters. The molecule has 372 valence electrons. The Morgan fingerprint density at radius 3 is 0.897 bits per heavy atom. The van der Waals surface area contributed by atoms with Crippen LogP contribution in [0.5, 0.6) is 23.0 Å². The van der Waals surface area contributed by atoms with Gasteiger partial charge in [0.2, 0.25) is 0 Å². The Balaban J connectivity index is 1.84. The molecule has 0 saturated heterocycles. The van der Waals surface area contributed by atoms with Gasteiger partial charge in [-0.3, -0.25) is 0 Å². The summed E-state index contributed by atoms with van der Waals surface area (Å²) in [5, 5.41) is 32.6. The first-order valence-corrected chi connectivity index (χ1v) is 26.0. The van der Waals surface area contributed by atoms with E-state index in [4.69, 9.17) is 23.7 Å². The predicted molar refractivity (Wildman–Crippen MR) is 273 cm³/mol. The third-order valence-corrected chi connectivity index (χ3v) is 12.8. The van der Waals surface area contributed by atoms with Gasteiger partial charge in [-0.2, -0.15) is 0 Å². The molecule has 0 radical (unpaired) electrons. The van der Waals surface area contributed by atoms with E-state index >= 15 is 0 Å². The third-order valence-electron chi connectivity index (χ3n) is 12.8. The summed E-state index contributed by atoms with van der Waals surface area (Å²) in [7, 11) is 0. The molecule has 3 N–H and O–H groups in total. The molecule has 0 heterocycles. The first-order valence-electron chi connectivity index (χ1n) is 26.0. The van der Waals surface area contributed by atoms with E-state index in [1.807, 2.05) is 24.3 Å². The Bertz CT molecular complexity index is 2050. The lowest BCUT2D eigenvalue weighted by molar-refractivity contribution is -0.138. The van der Waals surface area contributed by atoms with Gasteiger partial charge in [0, 0.05) is 31.8 Å². The van der Waals surface area contributed by atoms with Crippen LogP contribution in [0.2, 0.25) is 0 Å². The van der Waals surface area contributed by atoms with Crippen molar-refractivity contribution in [2.24, 2.45) is 0 Å². The van der Waals surface area contributed by atoms with Gasteiger partial charge in [0.15, 0.2) is 0 Å². The fourth-order valence-corrected chi connectivity index (χ4v) is 9.30. The number of hydrogen-bond acceptors (Lipinski definition) is 9. The molecule has 8 bridgehead atoms. The molecule has 4 aromatic rings. The molecule has 0 fully saturated rings. The third kappa shape index (κ3) is 16.4. The quantitative estimate of drug-likeness (QED) is 0.0235. The molecule has 1 aliphatic rings. The molecular weight excluding hydrogens is 853 g/mol. The van der Waals surface area contributed by atoms with Crippen molar-refractivity contribution in [2.45, 2.75) is 183 Å².